The fourth-order valence-corrected chi connectivity index (χ4v) is 10.2. The van der Waals surface area contributed by atoms with Crippen LogP contribution in [0.15, 0.2) is 106 Å². The van der Waals surface area contributed by atoms with Crippen LogP contribution in [0.5, 0.6) is 0 Å². The molecule has 4 aromatic rings. The van der Waals surface area contributed by atoms with E-state index in [4.69, 9.17) is 15.0 Å². The van der Waals surface area contributed by atoms with E-state index in [0.717, 1.165) is 15.1 Å². The third-order valence-electron chi connectivity index (χ3n) is 11.9. The van der Waals surface area contributed by atoms with Crippen LogP contribution in [0.25, 0.3) is 33.4 Å². The van der Waals surface area contributed by atoms with Crippen LogP contribution in [0.4, 0.5) is 0 Å². The summed E-state index contributed by atoms with van der Waals surface area (Å²) in [5.41, 5.74) is 10.4. The maximum absolute atomic E-state index is 5.12. The molecule has 0 fully saturated rings. The minimum absolute atomic E-state index is 0.0558. The predicted octanol–water partition coefficient (Wildman–Crippen LogP) is 12.8. The largest absolute Gasteiger partial charge is 0.270 e. The van der Waals surface area contributed by atoms with E-state index >= 15 is 0 Å². The van der Waals surface area contributed by atoms with Crippen LogP contribution < -0.4 is 0 Å². The molecule has 4 aromatic carbocycles. The lowest BCUT2D eigenvalue weighted by molar-refractivity contribution is 0.426. The molecule has 0 bridgehead atoms. The van der Waals surface area contributed by atoms with Gasteiger partial charge in [0, 0.05) is 30.9 Å². The Kier molecular flexibility index (Phi) is 8.72. The Morgan fingerprint density at radius 2 is 0.490 bits per heavy atom. The minimum Gasteiger partial charge on any atom is -0.270 e. The van der Waals surface area contributed by atoms with E-state index < -0.39 is 0 Å². The van der Waals surface area contributed by atoms with Crippen molar-refractivity contribution in [3.63, 3.8) is 0 Å². The molecule has 0 atom stereocenters. The number of aliphatic imine (C=N–C) groups is 3. The number of benzene rings is 4. The number of nitrogens with zero attached hydrogens (tertiary/aromatic N) is 3. The summed E-state index contributed by atoms with van der Waals surface area (Å²) in [7, 11) is 0. The van der Waals surface area contributed by atoms with Crippen molar-refractivity contribution < 1.29 is 0 Å². The van der Waals surface area contributed by atoms with Crippen molar-refractivity contribution in [2.24, 2.45) is 15.0 Å². The first kappa shape index (κ1) is 36.3. The first-order valence-electron chi connectivity index (χ1n) is 18.0. The van der Waals surface area contributed by atoms with Crippen molar-refractivity contribution in [3.05, 3.63) is 108 Å². The van der Waals surface area contributed by atoms with Gasteiger partial charge in [-0.3, -0.25) is 15.0 Å². The molecule has 0 amide bonds. The van der Waals surface area contributed by atoms with Gasteiger partial charge < -0.3 is 0 Å². The predicted molar refractivity (Wildman–Crippen MR) is 230 cm³/mol. The van der Waals surface area contributed by atoms with Gasteiger partial charge in [0.25, 0.3) is 0 Å². The molecule has 6 heteroatoms. The van der Waals surface area contributed by atoms with Crippen LogP contribution in [0.2, 0.25) is 0 Å². The van der Waals surface area contributed by atoms with Gasteiger partial charge in [0.15, 0.2) is 0 Å². The van der Waals surface area contributed by atoms with Gasteiger partial charge in [-0.1, -0.05) is 108 Å². The second kappa shape index (κ2) is 12.2. The van der Waals surface area contributed by atoms with Gasteiger partial charge in [0.05, 0.1) is 31.7 Å². The monoisotopic (exact) mass is 729 g/mol. The molecule has 3 heterocycles. The molecule has 0 unspecified atom stereocenters. The summed E-state index contributed by atoms with van der Waals surface area (Å²) in [4.78, 5) is 15.3. The van der Waals surface area contributed by atoms with Gasteiger partial charge in [-0.25, -0.2) is 0 Å². The first-order valence-corrected chi connectivity index (χ1v) is 20.5. The van der Waals surface area contributed by atoms with E-state index in [2.05, 4.69) is 174 Å². The molecule has 264 valence electrons. The Labute approximate surface area is 318 Å². The SMILES string of the molecule is CC1(C)N=C(c2ccc(-c3cc(-c4ccc(C5=NC(C)(C)C(C)(C)S5)cc4)cc(-c4ccc(C5=NC(C)(C)C(C)(C)S5)cc4)c3)cc2)SC1(C)C. The van der Waals surface area contributed by atoms with Crippen LogP contribution in [-0.4, -0.2) is 46.0 Å². The Hall–Kier alpha value is -3.06. The average molecular weight is 730 g/mol. The van der Waals surface area contributed by atoms with Crippen LogP contribution in [0.3, 0.4) is 0 Å². The van der Waals surface area contributed by atoms with E-state index in [-0.39, 0.29) is 30.9 Å². The fourth-order valence-electron chi connectivity index (χ4n) is 6.25. The molecule has 0 N–H and O–H groups in total. The Bertz CT molecular complexity index is 1840. The molecule has 7 rings (SSSR count). The maximum Gasteiger partial charge on any atom is 0.0990 e. The number of hydrogen-bond acceptors (Lipinski definition) is 6. The molecule has 0 aliphatic carbocycles. The lowest BCUT2D eigenvalue weighted by Crippen LogP contribution is -2.36. The van der Waals surface area contributed by atoms with E-state index in [0.29, 0.717) is 0 Å². The zero-order valence-electron chi connectivity index (χ0n) is 32.2. The van der Waals surface area contributed by atoms with Gasteiger partial charge in [-0.05, 0) is 135 Å². The molecule has 0 saturated carbocycles. The Morgan fingerprint density at radius 3 is 0.667 bits per heavy atom. The van der Waals surface area contributed by atoms with E-state index in [1.807, 2.05) is 35.3 Å². The van der Waals surface area contributed by atoms with Gasteiger partial charge in [0.2, 0.25) is 0 Å². The van der Waals surface area contributed by atoms with Crippen LogP contribution >= 0.6 is 35.3 Å². The van der Waals surface area contributed by atoms with E-state index in [9.17, 15) is 0 Å². The lowest BCUT2D eigenvalue weighted by Gasteiger charge is -2.30. The number of rotatable bonds is 6. The molecule has 0 saturated heterocycles. The van der Waals surface area contributed by atoms with Gasteiger partial charge in [-0.15, -0.1) is 0 Å². The molecule has 51 heavy (non-hydrogen) atoms. The molecule has 0 spiro atoms. The highest BCUT2D eigenvalue weighted by Crippen LogP contribution is 2.49. The van der Waals surface area contributed by atoms with Crippen molar-refractivity contribution in [3.8, 4) is 33.4 Å². The topological polar surface area (TPSA) is 37.1 Å². The standard InChI is InChI=1S/C45H51N3S3/c1-40(2)43(7,8)49-37(46-40)31-19-13-28(14-20-31)34-25-35(29-15-21-32(22-16-29)38-47-41(3,4)44(9,10)50-38)27-36(26-34)30-17-23-33(24-18-30)39-48-42(5,6)45(11,12)51-39/h13-27H,1-12H3. The van der Waals surface area contributed by atoms with Crippen LogP contribution in [0, 0.1) is 0 Å². The van der Waals surface area contributed by atoms with Crippen molar-refractivity contribution in [2.75, 3.05) is 0 Å². The molecular weight excluding hydrogens is 679 g/mol. The highest BCUT2D eigenvalue weighted by atomic mass is 32.2. The molecule has 0 aromatic heterocycles. The van der Waals surface area contributed by atoms with E-state index in [1.165, 1.54) is 50.1 Å². The zero-order chi connectivity index (χ0) is 36.8. The summed E-state index contributed by atoms with van der Waals surface area (Å²) >= 11 is 5.64. The summed E-state index contributed by atoms with van der Waals surface area (Å²) in [6.45, 7) is 27.1. The summed E-state index contributed by atoms with van der Waals surface area (Å²) in [6.07, 6.45) is 0. The zero-order valence-corrected chi connectivity index (χ0v) is 34.7. The third-order valence-corrected chi connectivity index (χ3v) is 16.5. The fraction of sp³-hybridized carbons (Fsp3) is 0.400. The summed E-state index contributed by atoms with van der Waals surface area (Å²) < 4.78 is 0.167. The van der Waals surface area contributed by atoms with Crippen LogP contribution in [-0.2, 0) is 0 Å². The first-order chi connectivity index (χ1) is 23.7. The third kappa shape index (κ3) is 6.59. The van der Waals surface area contributed by atoms with Gasteiger partial charge >= 0.3 is 0 Å². The van der Waals surface area contributed by atoms with Crippen molar-refractivity contribution in [1.82, 2.24) is 0 Å². The molecule has 3 nitrogen and oxygen atoms in total. The summed E-state index contributed by atoms with van der Waals surface area (Å²) in [5.74, 6) is 0. The van der Waals surface area contributed by atoms with E-state index in [1.54, 1.807) is 0 Å². The maximum atomic E-state index is 5.12. The summed E-state index contributed by atoms with van der Waals surface area (Å²) in [6, 6.07) is 33.9. The minimum atomic E-state index is -0.106. The number of thioether (sulfide) groups is 3. The Morgan fingerprint density at radius 1 is 0.294 bits per heavy atom. The quantitative estimate of drug-likeness (QED) is 0.198. The van der Waals surface area contributed by atoms with Crippen molar-refractivity contribution in [1.29, 1.82) is 0 Å². The van der Waals surface area contributed by atoms with Crippen molar-refractivity contribution in [2.45, 2.75) is 114 Å². The molecule has 0 radical (unpaired) electrons. The Balaban J connectivity index is 1.25. The lowest BCUT2D eigenvalue weighted by atomic mass is 9.90. The van der Waals surface area contributed by atoms with Gasteiger partial charge in [-0.2, -0.15) is 0 Å². The summed E-state index contributed by atoms with van der Waals surface area (Å²) in [5, 5.41) is 3.37. The smallest absolute Gasteiger partial charge is 0.0990 e. The molecular formula is C45H51N3S3. The number of hydrogen-bond donors (Lipinski definition) is 0. The second-order valence-corrected chi connectivity index (χ2v) is 22.1. The van der Waals surface area contributed by atoms with Crippen molar-refractivity contribution >= 4 is 50.4 Å². The van der Waals surface area contributed by atoms with Crippen LogP contribution in [0.1, 0.15) is 99.8 Å². The average Bonchev–Trinajstić information content (AvgIpc) is 3.53. The highest BCUT2D eigenvalue weighted by Gasteiger charge is 2.46. The molecule has 3 aliphatic heterocycles. The van der Waals surface area contributed by atoms with Gasteiger partial charge in [0.1, 0.15) is 0 Å². The second-order valence-electron chi connectivity index (χ2n) is 17.3. The molecule has 3 aliphatic rings. The normalized spacial score (nSPS) is 22.0. The highest BCUT2D eigenvalue weighted by molar-refractivity contribution is 8.16.